The van der Waals surface area contributed by atoms with Crippen molar-refractivity contribution in [1.29, 1.82) is 0 Å². The number of benzene rings is 2. The van der Waals surface area contributed by atoms with Gasteiger partial charge in [0.25, 0.3) is 5.91 Å². The van der Waals surface area contributed by atoms with Crippen molar-refractivity contribution in [3.63, 3.8) is 0 Å². The highest BCUT2D eigenvalue weighted by molar-refractivity contribution is 7.89. The van der Waals surface area contributed by atoms with E-state index in [4.69, 9.17) is 9.47 Å². The van der Waals surface area contributed by atoms with E-state index < -0.39 is 10.0 Å². The summed E-state index contributed by atoms with van der Waals surface area (Å²) >= 11 is 0. The highest BCUT2D eigenvalue weighted by Gasteiger charge is 2.26. The van der Waals surface area contributed by atoms with E-state index in [9.17, 15) is 13.2 Å². The van der Waals surface area contributed by atoms with E-state index in [0.29, 0.717) is 19.7 Å². The van der Waals surface area contributed by atoms with Gasteiger partial charge in [-0.05, 0) is 55.8 Å². The Bertz CT molecular complexity index is 1030. The molecule has 8 nitrogen and oxygen atoms in total. The van der Waals surface area contributed by atoms with E-state index in [-0.39, 0.29) is 28.2 Å². The van der Waals surface area contributed by atoms with Crippen molar-refractivity contribution in [2.75, 3.05) is 46.3 Å². The van der Waals surface area contributed by atoms with E-state index in [2.05, 4.69) is 4.72 Å². The molecule has 1 heterocycles. The highest BCUT2D eigenvalue weighted by Crippen LogP contribution is 2.26. The molecule has 1 aliphatic rings. The van der Waals surface area contributed by atoms with E-state index in [0.717, 1.165) is 24.1 Å². The smallest absolute Gasteiger partial charge is 0.254 e. The third kappa shape index (κ3) is 5.59. The molecule has 0 radical (unpaired) electrons. The maximum atomic E-state index is 13.5. The molecule has 1 saturated heterocycles. The zero-order valence-corrected chi connectivity index (χ0v) is 19.8. The quantitative estimate of drug-likeness (QED) is 0.617. The van der Waals surface area contributed by atoms with Gasteiger partial charge < -0.3 is 19.3 Å². The normalized spacial score (nSPS) is 16.1. The van der Waals surface area contributed by atoms with E-state index >= 15 is 0 Å². The second kappa shape index (κ2) is 10.3. The van der Waals surface area contributed by atoms with Crippen LogP contribution in [0.3, 0.4) is 0 Å². The summed E-state index contributed by atoms with van der Waals surface area (Å²) in [6.07, 6.45) is 1.83. The van der Waals surface area contributed by atoms with Gasteiger partial charge in [0.2, 0.25) is 10.0 Å². The Labute approximate surface area is 190 Å². The number of hydrogen-bond donors (Lipinski definition) is 1. The molecule has 2 aromatic carbocycles. The van der Waals surface area contributed by atoms with Gasteiger partial charge in [-0.2, -0.15) is 0 Å². The number of ether oxygens (including phenoxy) is 2. The van der Waals surface area contributed by atoms with Gasteiger partial charge in [-0.25, -0.2) is 13.1 Å². The Morgan fingerprint density at radius 3 is 2.47 bits per heavy atom. The molecule has 3 rings (SSSR count). The minimum absolute atomic E-state index is 0.0289. The minimum Gasteiger partial charge on any atom is -0.495 e. The molecule has 0 bridgehead atoms. The number of nitrogens with one attached hydrogen (secondary N) is 1. The maximum Gasteiger partial charge on any atom is 0.254 e. The molecule has 1 fully saturated rings. The van der Waals surface area contributed by atoms with Crippen LogP contribution >= 0.6 is 0 Å². The molecule has 0 spiro atoms. The number of nitrogens with zero attached hydrogens (tertiary/aromatic N) is 2. The summed E-state index contributed by atoms with van der Waals surface area (Å²) in [5.41, 5.74) is 2.34. The number of anilines is 1. The van der Waals surface area contributed by atoms with Crippen LogP contribution in [-0.2, 0) is 21.3 Å². The number of amides is 1. The Morgan fingerprint density at radius 2 is 1.91 bits per heavy atom. The van der Waals surface area contributed by atoms with Crippen LogP contribution in [0.2, 0.25) is 0 Å². The van der Waals surface area contributed by atoms with Gasteiger partial charge in [-0.1, -0.05) is 12.1 Å². The Hall–Kier alpha value is -2.62. The fraction of sp³-hybridized carbons (Fsp3) is 0.435. The van der Waals surface area contributed by atoms with Crippen LogP contribution in [0, 0.1) is 0 Å². The number of carbonyl (C=O) groups excluding carboxylic acids is 1. The predicted molar refractivity (Wildman–Crippen MR) is 124 cm³/mol. The lowest BCUT2D eigenvalue weighted by Gasteiger charge is -2.26. The molecular formula is C23H31N3O5S. The Kier molecular flexibility index (Phi) is 7.76. The van der Waals surface area contributed by atoms with Crippen molar-refractivity contribution >= 4 is 21.6 Å². The molecular weight excluding hydrogens is 430 g/mol. The van der Waals surface area contributed by atoms with Gasteiger partial charge in [-0.15, -0.1) is 0 Å². The van der Waals surface area contributed by atoms with Crippen LogP contribution in [0.5, 0.6) is 5.75 Å². The zero-order valence-electron chi connectivity index (χ0n) is 19.0. The van der Waals surface area contributed by atoms with Crippen LogP contribution in [-0.4, -0.2) is 66.7 Å². The SMILES string of the molecule is CNS(=O)(=O)c1cc(C(=O)N(Cc2ccc(N(C)C)cc2)CC2CCCO2)ccc1OC. The van der Waals surface area contributed by atoms with Crippen LogP contribution in [0.15, 0.2) is 47.4 Å². The van der Waals surface area contributed by atoms with Gasteiger partial charge in [0.05, 0.1) is 13.2 Å². The number of sulfonamides is 1. The van der Waals surface area contributed by atoms with Crippen molar-refractivity contribution in [3.8, 4) is 5.75 Å². The topological polar surface area (TPSA) is 88.2 Å². The predicted octanol–water partition coefficient (Wildman–Crippen LogP) is 2.49. The molecule has 0 aliphatic carbocycles. The van der Waals surface area contributed by atoms with Gasteiger partial charge in [0.15, 0.2) is 0 Å². The molecule has 0 saturated carbocycles. The summed E-state index contributed by atoms with van der Waals surface area (Å²) in [5, 5.41) is 0. The van der Waals surface area contributed by atoms with Crippen molar-refractivity contribution in [2.45, 2.75) is 30.4 Å². The number of carbonyl (C=O) groups is 1. The molecule has 174 valence electrons. The van der Waals surface area contributed by atoms with Crippen LogP contribution < -0.4 is 14.4 Å². The standard InChI is InChI=1S/C23H31N3O5S/c1-24-32(28,29)22-14-18(9-12-21(22)30-4)23(27)26(16-20-6-5-13-31-20)15-17-7-10-19(11-8-17)25(2)3/h7-12,14,20,24H,5-6,13,15-16H2,1-4H3. The van der Waals surface area contributed by atoms with Gasteiger partial charge >= 0.3 is 0 Å². The monoisotopic (exact) mass is 461 g/mol. The molecule has 1 amide bonds. The van der Waals surface area contributed by atoms with Crippen molar-refractivity contribution in [1.82, 2.24) is 9.62 Å². The summed E-state index contributed by atoms with van der Waals surface area (Å²) in [6, 6.07) is 12.5. The summed E-state index contributed by atoms with van der Waals surface area (Å²) < 4.78 is 38.1. The average Bonchev–Trinajstić information content (AvgIpc) is 3.31. The second-order valence-corrected chi connectivity index (χ2v) is 9.81. The molecule has 9 heteroatoms. The van der Waals surface area contributed by atoms with E-state index in [1.54, 1.807) is 11.0 Å². The minimum atomic E-state index is -3.79. The molecule has 1 aliphatic heterocycles. The third-order valence-electron chi connectivity index (χ3n) is 5.53. The third-order valence-corrected chi connectivity index (χ3v) is 6.97. The molecule has 1 N–H and O–H groups in total. The van der Waals surface area contributed by atoms with Gasteiger partial charge in [0, 0.05) is 45.0 Å². The average molecular weight is 462 g/mol. The first-order valence-electron chi connectivity index (χ1n) is 10.5. The first-order chi connectivity index (χ1) is 15.2. The fourth-order valence-electron chi connectivity index (χ4n) is 3.69. The number of hydrogen-bond acceptors (Lipinski definition) is 6. The maximum absolute atomic E-state index is 13.5. The van der Waals surface area contributed by atoms with Crippen LogP contribution in [0.1, 0.15) is 28.8 Å². The molecule has 0 aromatic heterocycles. The molecule has 32 heavy (non-hydrogen) atoms. The van der Waals surface area contributed by atoms with Crippen molar-refractivity contribution in [2.24, 2.45) is 0 Å². The van der Waals surface area contributed by atoms with Crippen molar-refractivity contribution in [3.05, 3.63) is 53.6 Å². The van der Waals surface area contributed by atoms with E-state index in [1.807, 2.05) is 43.3 Å². The van der Waals surface area contributed by atoms with Crippen molar-refractivity contribution < 1.29 is 22.7 Å². The lowest BCUT2D eigenvalue weighted by Crippen LogP contribution is -2.37. The number of rotatable bonds is 9. The summed E-state index contributed by atoms with van der Waals surface area (Å²) in [7, 11) is 2.88. The van der Waals surface area contributed by atoms with Crippen LogP contribution in [0.25, 0.3) is 0 Å². The first kappa shape index (κ1) is 24.0. The molecule has 2 aromatic rings. The van der Waals surface area contributed by atoms with Gasteiger partial charge in [0.1, 0.15) is 10.6 Å². The Morgan fingerprint density at radius 1 is 1.19 bits per heavy atom. The lowest BCUT2D eigenvalue weighted by molar-refractivity contribution is 0.0507. The molecule has 1 atom stereocenters. The summed E-state index contributed by atoms with van der Waals surface area (Å²) in [6.45, 7) is 1.53. The van der Waals surface area contributed by atoms with Gasteiger partial charge in [-0.3, -0.25) is 4.79 Å². The summed E-state index contributed by atoms with van der Waals surface area (Å²) in [4.78, 5) is 17.2. The van der Waals surface area contributed by atoms with Crippen LogP contribution in [0.4, 0.5) is 5.69 Å². The number of methoxy groups -OCH3 is 1. The highest BCUT2D eigenvalue weighted by atomic mass is 32.2. The first-order valence-corrected chi connectivity index (χ1v) is 12.0. The second-order valence-electron chi connectivity index (χ2n) is 7.95. The molecule has 1 unspecified atom stereocenters. The lowest BCUT2D eigenvalue weighted by atomic mass is 10.1. The Balaban J connectivity index is 1.91. The summed E-state index contributed by atoms with van der Waals surface area (Å²) in [5.74, 6) is -0.0757. The van der Waals surface area contributed by atoms with E-state index in [1.165, 1.54) is 26.3 Å². The largest absolute Gasteiger partial charge is 0.495 e. The zero-order chi connectivity index (χ0) is 23.3. The fourth-order valence-corrected chi connectivity index (χ4v) is 4.60.